The molecular formula is C18H20N2O2S. The van der Waals surface area contributed by atoms with Crippen LogP contribution in [0.15, 0.2) is 60.7 Å². The first kappa shape index (κ1) is 15.9. The molecule has 1 aliphatic heterocycles. The molecular weight excluding hydrogens is 308 g/mol. The number of nitrogens with zero attached hydrogens (tertiary/aromatic N) is 2. The molecule has 1 N–H and O–H groups in total. The van der Waals surface area contributed by atoms with Crippen molar-refractivity contribution in [3.05, 3.63) is 71.8 Å². The Bertz CT molecular complexity index is 651. The summed E-state index contributed by atoms with van der Waals surface area (Å²) >= 11 is 4.33. The lowest BCUT2D eigenvalue weighted by Crippen LogP contribution is -2.38. The highest BCUT2D eigenvalue weighted by Crippen LogP contribution is 2.26. The molecule has 2 amide bonds. The molecule has 1 heterocycles. The van der Waals surface area contributed by atoms with Gasteiger partial charge in [-0.1, -0.05) is 60.7 Å². The number of thiol groups is 1. The zero-order valence-electron chi connectivity index (χ0n) is 12.7. The third-order valence-electron chi connectivity index (χ3n) is 4.13. The predicted octanol–water partition coefficient (Wildman–Crippen LogP) is 2.74. The van der Waals surface area contributed by atoms with Crippen LogP contribution in [-0.4, -0.2) is 39.0 Å². The third-order valence-corrected chi connectivity index (χ3v) is 4.51. The number of carbonyl (C=O) groups excluding carboxylic acids is 1. The molecule has 2 unspecified atom stereocenters. The van der Waals surface area contributed by atoms with Crippen molar-refractivity contribution in [1.82, 2.24) is 9.80 Å². The number of urea groups is 1. The largest absolute Gasteiger partial charge is 0.371 e. The van der Waals surface area contributed by atoms with Crippen molar-refractivity contribution in [2.45, 2.75) is 25.4 Å². The lowest BCUT2D eigenvalue weighted by atomic mass is 10.2. The number of hydrogen-bond acceptors (Lipinski definition) is 3. The van der Waals surface area contributed by atoms with Gasteiger partial charge >= 0.3 is 6.03 Å². The normalized spacial score (nSPS) is 21.0. The molecule has 1 aliphatic rings. The fourth-order valence-corrected chi connectivity index (χ4v) is 3.27. The average Bonchev–Trinajstić information content (AvgIpc) is 2.81. The van der Waals surface area contributed by atoms with E-state index in [0.29, 0.717) is 18.8 Å². The minimum Gasteiger partial charge on any atom is -0.371 e. The number of hydrogen-bond donors (Lipinski definition) is 2. The van der Waals surface area contributed by atoms with Gasteiger partial charge in [-0.25, -0.2) is 4.79 Å². The Labute approximate surface area is 141 Å². The molecule has 0 saturated carbocycles. The fraction of sp³-hybridized carbons (Fsp3) is 0.278. The maximum Gasteiger partial charge on any atom is 0.323 e. The zero-order chi connectivity index (χ0) is 16.2. The minimum absolute atomic E-state index is 0.149. The van der Waals surface area contributed by atoms with Crippen molar-refractivity contribution in [2.75, 3.05) is 5.75 Å². The van der Waals surface area contributed by atoms with Gasteiger partial charge in [-0.15, -0.1) is 0 Å². The third kappa shape index (κ3) is 3.35. The van der Waals surface area contributed by atoms with Crippen molar-refractivity contribution in [3.63, 3.8) is 0 Å². The highest BCUT2D eigenvalue weighted by Gasteiger charge is 2.43. The maximum absolute atomic E-state index is 12.8. The molecule has 0 aromatic heterocycles. The lowest BCUT2D eigenvalue weighted by molar-refractivity contribution is 0.0347. The fourth-order valence-electron chi connectivity index (χ4n) is 2.89. The quantitative estimate of drug-likeness (QED) is 0.829. The van der Waals surface area contributed by atoms with Crippen LogP contribution < -0.4 is 0 Å². The van der Waals surface area contributed by atoms with Crippen molar-refractivity contribution in [3.8, 4) is 0 Å². The molecule has 0 aliphatic carbocycles. The number of benzene rings is 2. The van der Waals surface area contributed by atoms with E-state index in [9.17, 15) is 9.90 Å². The van der Waals surface area contributed by atoms with Gasteiger partial charge in [-0.2, -0.15) is 12.6 Å². The van der Waals surface area contributed by atoms with Crippen molar-refractivity contribution >= 4 is 18.7 Å². The zero-order valence-corrected chi connectivity index (χ0v) is 13.6. The van der Waals surface area contributed by atoms with Gasteiger partial charge in [0.25, 0.3) is 0 Å². The summed E-state index contributed by atoms with van der Waals surface area (Å²) in [4.78, 5) is 16.0. The Hall–Kier alpha value is -1.98. The van der Waals surface area contributed by atoms with E-state index in [2.05, 4.69) is 12.6 Å². The molecule has 2 aromatic carbocycles. The minimum atomic E-state index is -0.844. The highest BCUT2D eigenvalue weighted by molar-refractivity contribution is 7.80. The van der Waals surface area contributed by atoms with Gasteiger partial charge in [0.15, 0.2) is 6.23 Å². The van der Waals surface area contributed by atoms with Gasteiger partial charge in [-0.3, -0.25) is 4.90 Å². The maximum atomic E-state index is 12.8. The number of rotatable bonds is 5. The average molecular weight is 328 g/mol. The highest BCUT2D eigenvalue weighted by atomic mass is 32.1. The number of aliphatic hydroxyl groups excluding tert-OH is 1. The van der Waals surface area contributed by atoms with Crippen LogP contribution in [0.25, 0.3) is 0 Å². The number of amides is 2. The van der Waals surface area contributed by atoms with Crippen LogP contribution in [0.5, 0.6) is 0 Å². The Kier molecular flexibility index (Phi) is 4.88. The smallest absolute Gasteiger partial charge is 0.323 e. The summed E-state index contributed by atoms with van der Waals surface area (Å²) in [5.74, 6) is 0.422. The molecule has 23 heavy (non-hydrogen) atoms. The van der Waals surface area contributed by atoms with Crippen LogP contribution in [0, 0.1) is 0 Å². The van der Waals surface area contributed by atoms with E-state index in [1.54, 1.807) is 4.90 Å². The molecule has 0 radical (unpaired) electrons. The van der Waals surface area contributed by atoms with Gasteiger partial charge < -0.3 is 10.0 Å². The Morgan fingerprint density at radius 1 is 0.870 bits per heavy atom. The van der Waals surface area contributed by atoms with Crippen LogP contribution in [0.3, 0.4) is 0 Å². The Morgan fingerprint density at radius 2 is 1.35 bits per heavy atom. The van der Waals surface area contributed by atoms with E-state index >= 15 is 0 Å². The first-order chi connectivity index (χ1) is 11.2. The van der Waals surface area contributed by atoms with Gasteiger partial charge in [0, 0.05) is 12.3 Å². The van der Waals surface area contributed by atoms with E-state index in [4.69, 9.17) is 0 Å². The van der Waals surface area contributed by atoms with Crippen LogP contribution >= 0.6 is 12.6 Å². The number of carbonyl (C=O) groups is 1. The second-order valence-electron chi connectivity index (χ2n) is 5.67. The van der Waals surface area contributed by atoms with Crippen LogP contribution in [-0.2, 0) is 13.1 Å². The molecule has 120 valence electrons. The number of aliphatic hydroxyl groups is 1. The van der Waals surface area contributed by atoms with Crippen LogP contribution in [0.4, 0.5) is 4.79 Å². The molecule has 0 bridgehead atoms. The summed E-state index contributed by atoms with van der Waals surface area (Å²) in [5.41, 5.74) is 2.04. The van der Waals surface area contributed by atoms with Crippen molar-refractivity contribution < 1.29 is 9.90 Å². The van der Waals surface area contributed by atoms with Crippen molar-refractivity contribution in [2.24, 2.45) is 0 Å². The van der Waals surface area contributed by atoms with E-state index in [-0.39, 0.29) is 12.1 Å². The second kappa shape index (κ2) is 7.06. The first-order valence-electron chi connectivity index (χ1n) is 7.64. The predicted molar refractivity (Wildman–Crippen MR) is 93.0 cm³/mol. The molecule has 2 atom stereocenters. The van der Waals surface area contributed by atoms with E-state index in [1.165, 1.54) is 4.90 Å². The van der Waals surface area contributed by atoms with E-state index in [1.807, 2.05) is 60.7 Å². The lowest BCUT2D eigenvalue weighted by Gasteiger charge is -2.22. The van der Waals surface area contributed by atoms with E-state index < -0.39 is 6.23 Å². The summed E-state index contributed by atoms with van der Waals surface area (Å²) in [7, 11) is 0. The topological polar surface area (TPSA) is 43.8 Å². The van der Waals surface area contributed by atoms with Gasteiger partial charge in [0.05, 0.1) is 12.6 Å². The van der Waals surface area contributed by atoms with Gasteiger partial charge in [0.1, 0.15) is 0 Å². The van der Waals surface area contributed by atoms with Crippen molar-refractivity contribution in [1.29, 1.82) is 0 Å². The standard InChI is InChI=1S/C18H20N2O2S/c21-17-16(13-23)19(11-14-7-3-1-4-8-14)18(22)20(17)12-15-9-5-2-6-10-15/h1-10,16-17,21,23H,11-13H2. The first-order valence-corrected chi connectivity index (χ1v) is 8.28. The Morgan fingerprint density at radius 3 is 1.83 bits per heavy atom. The molecule has 2 aromatic rings. The second-order valence-corrected chi connectivity index (χ2v) is 6.04. The summed E-state index contributed by atoms with van der Waals surface area (Å²) in [6.07, 6.45) is -0.844. The monoisotopic (exact) mass is 328 g/mol. The van der Waals surface area contributed by atoms with Crippen LogP contribution in [0.1, 0.15) is 11.1 Å². The van der Waals surface area contributed by atoms with Gasteiger partial charge in [0.2, 0.25) is 0 Å². The van der Waals surface area contributed by atoms with Crippen LogP contribution in [0.2, 0.25) is 0 Å². The summed E-state index contributed by atoms with van der Waals surface area (Å²) in [5, 5.41) is 10.5. The molecule has 0 spiro atoms. The SMILES string of the molecule is O=C1N(Cc2ccccc2)C(O)C(CS)N1Cc1ccccc1. The molecule has 5 heteroatoms. The molecule has 1 saturated heterocycles. The summed E-state index contributed by atoms with van der Waals surface area (Å²) in [6, 6.07) is 19.0. The summed E-state index contributed by atoms with van der Waals surface area (Å²) < 4.78 is 0. The Balaban J connectivity index is 1.79. The molecule has 3 rings (SSSR count). The summed E-state index contributed by atoms with van der Waals surface area (Å²) in [6.45, 7) is 0.879. The molecule has 1 fully saturated rings. The van der Waals surface area contributed by atoms with E-state index in [0.717, 1.165) is 11.1 Å². The van der Waals surface area contributed by atoms with Gasteiger partial charge in [-0.05, 0) is 11.1 Å². The molecule has 4 nitrogen and oxygen atoms in total.